The standard InChI is InChI=1S/C16H19F3N6O2S/c1-22-28(26,27)12-6-7-14(13(9-12)15(20)24-25(2)21)23-11-5-3-4-10(8-11)16(17,18)19/h3-9,22-23H,21H2,1-2H3,(H2,20,24). The maximum absolute atomic E-state index is 12.9. The van der Waals surface area contributed by atoms with E-state index in [1.54, 1.807) is 0 Å². The molecule has 0 fully saturated rings. The van der Waals surface area contributed by atoms with Gasteiger partial charge in [-0.1, -0.05) is 6.07 Å². The molecule has 0 aliphatic carbocycles. The molecule has 0 radical (unpaired) electrons. The fourth-order valence-corrected chi connectivity index (χ4v) is 3.04. The van der Waals surface area contributed by atoms with Gasteiger partial charge >= 0.3 is 6.18 Å². The van der Waals surface area contributed by atoms with E-state index in [4.69, 9.17) is 11.6 Å². The summed E-state index contributed by atoms with van der Waals surface area (Å²) in [6, 6.07) is 8.43. The summed E-state index contributed by atoms with van der Waals surface area (Å²) < 4.78 is 65.0. The van der Waals surface area contributed by atoms with E-state index in [2.05, 4.69) is 15.1 Å². The molecule has 0 amide bonds. The normalized spacial score (nSPS) is 12.7. The molecule has 0 aliphatic rings. The number of hydrogen-bond acceptors (Lipinski definition) is 6. The van der Waals surface area contributed by atoms with Gasteiger partial charge in [0.05, 0.1) is 10.5 Å². The predicted octanol–water partition coefficient (Wildman–Crippen LogP) is 1.78. The summed E-state index contributed by atoms with van der Waals surface area (Å²) in [6.07, 6.45) is -4.51. The van der Waals surface area contributed by atoms with Crippen molar-refractivity contribution < 1.29 is 21.6 Å². The second-order valence-corrected chi connectivity index (χ2v) is 7.56. The fraction of sp³-hybridized carbons (Fsp3) is 0.188. The molecule has 0 aliphatic heterocycles. The first-order valence-corrected chi connectivity index (χ1v) is 9.27. The van der Waals surface area contributed by atoms with Crippen molar-refractivity contribution in [2.45, 2.75) is 11.1 Å². The van der Waals surface area contributed by atoms with Gasteiger partial charge in [0.15, 0.2) is 5.84 Å². The molecule has 0 unspecified atom stereocenters. The highest BCUT2D eigenvalue weighted by molar-refractivity contribution is 7.89. The third-order valence-corrected chi connectivity index (χ3v) is 4.99. The van der Waals surface area contributed by atoms with Gasteiger partial charge in [0.2, 0.25) is 10.0 Å². The number of hydrogen-bond donors (Lipinski definition) is 4. The van der Waals surface area contributed by atoms with E-state index in [-0.39, 0.29) is 27.7 Å². The molecule has 0 saturated heterocycles. The van der Waals surface area contributed by atoms with E-state index in [0.29, 0.717) is 0 Å². The summed E-state index contributed by atoms with van der Waals surface area (Å²) in [4.78, 5) is -0.0996. The van der Waals surface area contributed by atoms with Crippen LogP contribution in [0.15, 0.2) is 52.5 Å². The molecule has 152 valence electrons. The van der Waals surface area contributed by atoms with Crippen LogP contribution in [0.4, 0.5) is 24.5 Å². The van der Waals surface area contributed by atoms with Crippen molar-refractivity contribution in [3.05, 3.63) is 53.6 Å². The summed E-state index contributed by atoms with van der Waals surface area (Å²) in [5.74, 6) is 5.31. The summed E-state index contributed by atoms with van der Waals surface area (Å²) in [5.41, 5.74) is 5.59. The lowest BCUT2D eigenvalue weighted by Gasteiger charge is -2.16. The number of alkyl halides is 3. The maximum atomic E-state index is 12.9. The van der Waals surface area contributed by atoms with Crippen LogP contribution >= 0.6 is 0 Å². The number of hydrazine groups is 1. The molecule has 8 nitrogen and oxygen atoms in total. The molecule has 0 aromatic heterocycles. The number of benzene rings is 2. The summed E-state index contributed by atoms with van der Waals surface area (Å²) in [7, 11) is -1.13. The van der Waals surface area contributed by atoms with Gasteiger partial charge in [-0.25, -0.2) is 24.1 Å². The van der Waals surface area contributed by atoms with Crippen LogP contribution in [0.25, 0.3) is 0 Å². The molecule has 2 aromatic rings. The van der Waals surface area contributed by atoms with Crippen LogP contribution in [-0.4, -0.2) is 33.5 Å². The summed E-state index contributed by atoms with van der Waals surface area (Å²) in [6.45, 7) is 0. The van der Waals surface area contributed by atoms with Gasteiger partial charge in [-0.05, 0) is 43.4 Å². The van der Waals surface area contributed by atoms with Gasteiger partial charge in [0.25, 0.3) is 0 Å². The van der Waals surface area contributed by atoms with Crippen molar-refractivity contribution in [1.82, 2.24) is 9.84 Å². The Labute approximate surface area is 160 Å². The quantitative estimate of drug-likeness (QED) is 0.246. The van der Waals surface area contributed by atoms with Crippen LogP contribution < -0.4 is 21.6 Å². The molecule has 2 aromatic carbocycles. The second kappa shape index (κ2) is 8.04. The van der Waals surface area contributed by atoms with Gasteiger partial charge in [-0.15, -0.1) is 5.10 Å². The largest absolute Gasteiger partial charge is 0.416 e. The molecular weight excluding hydrogens is 397 g/mol. The molecule has 0 atom stereocenters. The van der Waals surface area contributed by atoms with E-state index in [1.807, 2.05) is 0 Å². The minimum atomic E-state index is -4.51. The molecule has 0 heterocycles. The Morgan fingerprint density at radius 2 is 1.86 bits per heavy atom. The molecule has 0 bridgehead atoms. The fourth-order valence-electron chi connectivity index (χ4n) is 2.28. The van der Waals surface area contributed by atoms with Gasteiger partial charge in [-0.2, -0.15) is 13.2 Å². The zero-order valence-corrected chi connectivity index (χ0v) is 15.8. The zero-order chi connectivity index (χ0) is 21.1. The lowest BCUT2D eigenvalue weighted by atomic mass is 10.1. The van der Waals surface area contributed by atoms with Crippen LogP contribution in [0.2, 0.25) is 0 Å². The van der Waals surface area contributed by atoms with E-state index < -0.39 is 21.8 Å². The lowest BCUT2D eigenvalue weighted by molar-refractivity contribution is -0.137. The Bertz CT molecular complexity index is 990. The van der Waals surface area contributed by atoms with Crippen molar-refractivity contribution in [1.29, 1.82) is 0 Å². The summed E-state index contributed by atoms with van der Waals surface area (Å²) in [5, 5.41) is 7.55. The number of sulfonamides is 1. The molecule has 0 saturated carbocycles. The van der Waals surface area contributed by atoms with Gasteiger partial charge in [0, 0.05) is 24.0 Å². The number of halogens is 3. The average Bonchev–Trinajstić information content (AvgIpc) is 2.60. The Balaban J connectivity index is 2.55. The third-order valence-electron chi connectivity index (χ3n) is 3.58. The van der Waals surface area contributed by atoms with Crippen molar-refractivity contribution >= 4 is 27.2 Å². The van der Waals surface area contributed by atoms with Crippen LogP contribution in [0, 0.1) is 0 Å². The molecular formula is C16H19F3N6O2S. The number of nitrogens with one attached hydrogen (secondary N) is 2. The third kappa shape index (κ3) is 5.12. The van der Waals surface area contributed by atoms with Crippen LogP contribution in [0.5, 0.6) is 0 Å². The van der Waals surface area contributed by atoms with Crippen molar-refractivity contribution in [2.75, 3.05) is 19.4 Å². The van der Waals surface area contributed by atoms with E-state index >= 15 is 0 Å². The van der Waals surface area contributed by atoms with Crippen molar-refractivity contribution in [3.8, 4) is 0 Å². The van der Waals surface area contributed by atoms with Crippen LogP contribution in [0.3, 0.4) is 0 Å². The molecule has 12 heteroatoms. The number of rotatable bonds is 6. The highest BCUT2D eigenvalue weighted by Gasteiger charge is 2.30. The molecule has 0 spiro atoms. The highest BCUT2D eigenvalue weighted by Crippen LogP contribution is 2.32. The Morgan fingerprint density at radius 3 is 2.43 bits per heavy atom. The number of nitrogens with zero attached hydrogens (tertiary/aromatic N) is 2. The van der Waals surface area contributed by atoms with Crippen molar-refractivity contribution in [3.63, 3.8) is 0 Å². The first-order valence-electron chi connectivity index (χ1n) is 7.79. The minimum Gasteiger partial charge on any atom is -0.382 e. The smallest absolute Gasteiger partial charge is 0.382 e. The molecule has 6 N–H and O–H groups in total. The predicted molar refractivity (Wildman–Crippen MR) is 100 cm³/mol. The van der Waals surface area contributed by atoms with Crippen LogP contribution in [-0.2, 0) is 16.2 Å². The Hall–Kier alpha value is -2.83. The number of anilines is 2. The number of amidine groups is 1. The topological polar surface area (TPSA) is 126 Å². The first kappa shape index (κ1) is 21.5. The molecule has 2 rings (SSSR count). The van der Waals surface area contributed by atoms with Gasteiger partial charge in [-0.3, -0.25) is 0 Å². The van der Waals surface area contributed by atoms with E-state index in [1.165, 1.54) is 44.4 Å². The lowest BCUT2D eigenvalue weighted by Crippen LogP contribution is -2.26. The van der Waals surface area contributed by atoms with E-state index in [9.17, 15) is 21.6 Å². The number of nitrogens with two attached hydrogens (primary N) is 2. The van der Waals surface area contributed by atoms with Gasteiger partial charge < -0.3 is 11.1 Å². The first-order chi connectivity index (χ1) is 12.9. The minimum absolute atomic E-state index is 0.0996. The van der Waals surface area contributed by atoms with Crippen LogP contribution in [0.1, 0.15) is 11.1 Å². The van der Waals surface area contributed by atoms with E-state index in [0.717, 1.165) is 17.3 Å². The SMILES string of the molecule is CNS(=O)(=O)c1ccc(Nc2cccc(C(F)(F)F)c2)c(/C(N)=N/N(C)N)c1. The monoisotopic (exact) mass is 416 g/mol. The maximum Gasteiger partial charge on any atom is 0.416 e. The van der Waals surface area contributed by atoms with Crippen molar-refractivity contribution in [2.24, 2.45) is 16.7 Å². The second-order valence-electron chi connectivity index (χ2n) is 5.68. The highest BCUT2D eigenvalue weighted by atomic mass is 32.2. The zero-order valence-electron chi connectivity index (χ0n) is 14.9. The Morgan fingerprint density at radius 1 is 1.18 bits per heavy atom. The Kier molecular flexibility index (Phi) is 6.17. The average molecular weight is 416 g/mol. The van der Waals surface area contributed by atoms with Gasteiger partial charge in [0.1, 0.15) is 0 Å². The summed E-state index contributed by atoms with van der Waals surface area (Å²) >= 11 is 0. The molecule has 28 heavy (non-hydrogen) atoms. The number of hydrazone groups is 1.